The summed E-state index contributed by atoms with van der Waals surface area (Å²) in [5.74, 6) is -2.75. The number of carbonyl (C=O) groups excluding carboxylic acids is 3. The number of carbonyl (C=O) groups is 3. The minimum atomic E-state index is -1.03. The highest BCUT2D eigenvalue weighted by Crippen LogP contribution is 2.32. The molecule has 2 aromatic carbocycles. The van der Waals surface area contributed by atoms with Crippen LogP contribution in [0.25, 0.3) is 0 Å². The lowest BCUT2D eigenvalue weighted by atomic mass is 9.80. The molecule has 0 radical (unpaired) electrons. The molecule has 2 aromatic rings. The predicted octanol–water partition coefficient (Wildman–Crippen LogP) is 2.95. The van der Waals surface area contributed by atoms with Crippen molar-refractivity contribution in [1.29, 1.82) is 0 Å². The van der Waals surface area contributed by atoms with E-state index in [1.807, 2.05) is 18.2 Å². The first-order valence-corrected chi connectivity index (χ1v) is 9.15. The molecule has 7 heteroatoms. The highest BCUT2D eigenvalue weighted by Gasteiger charge is 2.40. The molecule has 0 aliphatic carbocycles. The third kappa shape index (κ3) is 4.05. The van der Waals surface area contributed by atoms with E-state index >= 15 is 0 Å². The SMILES string of the molecule is O=C(C[C@H](c1ccc(Br)cc1)C1C(=O)NC(=S)NC1=O)c1ccccc1. The van der Waals surface area contributed by atoms with Gasteiger partial charge in [-0.05, 0) is 29.9 Å². The number of halogens is 1. The van der Waals surface area contributed by atoms with Gasteiger partial charge in [-0.1, -0.05) is 58.4 Å². The van der Waals surface area contributed by atoms with Gasteiger partial charge in [0.1, 0.15) is 5.92 Å². The van der Waals surface area contributed by atoms with E-state index in [4.69, 9.17) is 12.2 Å². The molecule has 0 saturated carbocycles. The molecule has 1 saturated heterocycles. The molecule has 0 unspecified atom stereocenters. The maximum atomic E-state index is 12.7. The van der Waals surface area contributed by atoms with E-state index in [-0.39, 0.29) is 17.3 Å². The highest BCUT2D eigenvalue weighted by atomic mass is 79.9. The molecule has 0 spiro atoms. The van der Waals surface area contributed by atoms with Crippen LogP contribution in [0.4, 0.5) is 0 Å². The van der Waals surface area contributed by atoms with Crippen molar-refractivity contribution in [1.82, 2.24) is 10.6 Å². The van der Waals surface area contributed by atoms with Crippen LogP contribution in [0.2, 0.25) is 0 Å². The number of Topliss-reactive ketones (excluding diaryl/α,β-unsaturated/α-hetero) is 1. The largest absolute Gasteiger partial charge is 0.302 e. The molecule has 1 aliphatic heterocycles. The molecule has 1 heterocycles. The number of rotatable bonds is 5. The van der Waals surface area contributed by atoms with Gasteiger partial charge in [0.25, 0.3) is 0 Å². The van der Waals surface area contributed by atoms with Crippen molar-refractivity contribution < 1.29 is 14.4 Å². The maximum Gasteiger partial charge on any atom is 0.239 e. The summed E-state index contributed by atoms with van der Waals surface area (Å²) in [6.07, 6.45) is 0.0317. The number of amides is 2. The second-order valence-corrected chi connectivity index (χ2v) is 7.26. The summed E-state index contributed by atoms with van der Waals surface area (Å²) in [6, 6.07) is 16.1. The lowest BCUT2D eigenvalue weighted by molar-refractivity contribution is -0.136. The molecule has 0 aromatic heterocycles. The van der Waals surface area contributed by atoms with Gasteiger partial charge in [0.15, 0.2) is 10.9 Å². The van der Waals surface area contributed by atoms with Crippen LogP contribution in [0.5, 0.6) is 0 Å². The Balaban J connectivity index is 1.95. The molecule has 132 valence electrons. The Morgan fingerprint density at radius 2 is 1.58 bits per heavy atom. The van der Waals surface area contributed by atoms with Crippen molar-refractivity contribution >= 4 is 50.9 Å². The van der Waals surface area contributed by atoms with E-state index in [9.17, 15) is 14.4 Å². The Kier molecular flexibility index (Phi) is 5.58. The fourth-order valence-electron chi connectivity index (χ4n) is 2.97. The Labute approximate surface area is 164 Å². The fraction of sp³-hybridized carbons (Fsp3) is 0.158. The number of hydrogen-bond acceptors (Lipinski definition) is 4. The smallest absolute Gasteiger partial charge is 0.239 e. The monoisotopic (exact) mass is 430 g/mol. The van der Waals surface area contributed by atoms with E-state index in [0.29, 0.717) is 5.56 Å². The Hall–Kier alpha value is -2.38. The molecule has 26 heavy (non-hydrogen) atoms. The first-order chi connectivity index (χ1) is 12.5. The van der Waals surface area contributed by atoms with Gasteiger partial charge < -0.3 is 10.6 Å². The Morgan fingerprint density at radius 3 is 2.15 bits per heavy atom. The average molecular weight is 431 g/mol. The van der Waals surface area contributed by atoms with Gasteiger partial charge >= 0.3 is 0 Å². The van der Waals surface area contributed by atoms with E-state index in [1.54, 1.807) is 36.4 Å². The van der Waals surface area contributed by atoms with Crippen LogP contribution in [0.3, 0.4) is 0 Å². The lowest BCUT2D eigenvalue weighted by Gasteiger charge is -2.29. The van der Waals surface area contributed by atoms with Crippen LogP contribution in [0.15, 0.2) is 59.1 Å². The second kappa shape index (κ2) is 7.88. The van der Waals surface area contributed by atoms with Crippen molar-refractivity contribution in [3.63, 3.8) is 0 Å². The zero-order chi connectivity index (χ0) is 18.7. The number of ketones is 1. The first kappa shape index (κ1) is 18.4. The van der Waals surface area contributed by atoms with Gasteiger partial charge in [-0.15, -0.1) is 0 Å². The topological polar surface area (TPSA) is 75.3 Å². The minimum Gasteiger partial charge on any atom is -0.302 e. The summed E-state index contributed by atoms with van der Waals surface area (Å²) < 4.78 is 0.869. The second-order valence-electron chi connectivity index (χ2n) is 5.94. The number of thiocarbonyl (C=S) groups is 1. The molecule has 5 nitrogen and oxygen atoms in total. The van der Waals surface area contributed by atoms with E-state index < -0.39 is 23.7 Å². The predicted molar refractivity (Wildman–Crippen MR) is 105 cm³/mol. The summed E-state index contributed by atoms with van der Waals surface area (Å²) in [6.45, 7) is 0. The summed E-state index contributed by atoms with van der Waals surface area (Å²) in [7, 11) is 0. The van der Waals surface area contributed by atoms with Crippen LogP contribution < -0.4 is 10.6 Å². The fourth-order valence-corrected chi connectivity index (χ4v) is 3.44. The van der Waals surface area contributed by atoms with Crippen molar-refractivity contribution in [3.8, 4) is 0 Å². The van der Waals surface area contributed by atoms with Crippen molar-refractivity contribution in [3.05, 3.63) is 70.2 Å². The van der Waals surface area contributed by atoms with Crippen LogP contribution >= 0.6 is 28.1 Å². The molecule has 3 rings (SSSR count). The van der Waals surface area contributed by atoms with E-state index in [2.05, 4.69) is 26.6 Å². The van der Waals surface area contributed by atoms with Crippen molar-refractivity contribution in [2.75, 3.05) is 0 Å². The quantitative estimate of drug-likeness (QED) is 0.434. The molecule has 1 fully saturated rings. The molecule has 1 aliphatic rings. The normalized spacial score (nSPS) is 16.0. The maximum absolute atomic E-state index is 12.7. The standard InChI is InChI=1S/C19H15BrN2O3S/c20-13-8-6-11(7-9-13)14(10-15(23)12-4-2-1-3-5-12)16-17(24)21-19(26)22-18(16)25/h1-9,14,16H,10H2,(H2,21,22,24,25,26)/t14-/m1/s1. The zero-order valence-electron chi connectivity index (χ0n) is 13.6. The lowest BCUT2D eigenvalue weighted by Crippen LogP contribution is -2.57. The number of benzene rings is 2. The number of hydrogen-bond donors (Lipinski definition) is 2. The Morgan fingerprint density at radius 1 is 1.00 bits per heavy atom. The first-order valence-electron chi connectivity index (χ1n) is 7.95. The molecular weight excluding hydrogens is 416 g/mol. The summed E-state index contributed by atoms with van der Waals surface area (Å²) >= 11 is 8.23. The van der Waals surface area contributed by atoms with Crippen molar-refractivity contribution in [2.45, 2.75) is 12.3 Å². The summed E-state index contributed by atoms with van der Waals surface area (Å²) in [4.78, 5) is 37.6. The Bertz CT molecular complexity index is 848. The third-order valence-corrected chi connectivity index (χ3v) is 4.97. The van der Waals surface area contributed by atoms with Crippen molar-refractivity contribution in [2.24, 2.45) is 5.92 Å². The van der Waals surface area contributed by atoms with E-state index in [1.165, 1.54) is 0 Å². The van der Waals surface area contributed by atoms with Crippen LogP contribution in [-0.4, -0.2) is 22.7 Å². The van der Waals surface area contributed by atoms with Gasteiger partial charge in [-0.3, -0.25) is 14.4 Å². The number of nitrogens with one attached hydrogen (secondary N) is 2. The highest BCUT2D eigenvalue weighted by molar-refractivity contribution is 9.10. The van der Waals surface area contributed by atoms with Crippen LogP contribution in [-0.2, 0) is 9.59 Å². The van der Waals surface area contributed by atoms with E-state index in [0.717, 1.165) is 10.0 Å². The van der Waals surface area contributed by atoms with Crippen LogP contribution in [0, 0.1) is 5.92 Å². The van der Waals surface area contributed by atoms with Gasteiger partial charge in [-0.2, -0.15) is 0 Å². The molecule has 0 bridgehead atoms. The van der Waals surface area contributed by atoms with Crippen LogP contribution in [0.1, 0.15) is 28.3 Å². The zero-order valence-corrected chi connectivity index (χ0v) is 16.0. The summed E-state index contributed by atoms with van der Waals surface area (Å²) in [5, 5.41) is 4.94. The molecule has 2 N–H and O–H groups in total. The molecule has 2 amide bonds. The third-order valence-electron chi connectivity index (χ3n) is 4.24. The van der Waals surface area contributed by atoms with Gasteiger partial charge in [0.05, 0.1) is 0 Å². The van der Waals surface area contributed by atoms with Gasteiger partial charge in [0.2, 0.25) is 11.8 Å². The molecular formula is C19H15BrN2O3S. The summed E-state index contributed by atoms with van der Waals surface area (Å²) in [5.41, 5.74) is 1.28. The van der Waals surface area contributed by atoms with Gasteiger partial charge in [-0.25, -0.2) is 0 Å². The minimum absolute atomic E-state index is 0.0137. The molecule has 1 atom stereocenters. The van der Waals surface area contributed by atoms with Gasteiger partial charge in [0, 0.05) is 22.4 Å². The average Bonchev–Trinajstić information content (AvgIpc) is 2.61.